The van der Waals surface area contributed by atoms with Crippen molar-refractivity contribution in [3.8, 4) is 0 Å². The molecule has 6 nitrogen and oxygen atoms in total. The molecule has 0 aromatic carbocycles. The molecule has 0 aromatic rings. The molecule has 0 unspecified atom stereocenters. The van der Waals surface area contributed by atoms with Gasteiger partial charge in [0, 0.05) is 38.1 Å². The Morgan fingerprint density at radius 1 is 1.47 bits per heavy atom. The maximum Gasteiger partial charge on any atom is 0.376 e. The second kappa shape index (κ2) is 6.80. The number of nitrogens with zero attached hydrogens (tertiary/aromatic N) is 3. The number of amidine groups is 1. The lowest BCUT2D eigenvalue weighted by Crippen LogP contribution is -2.42. The smallest absolute Gasteiger partial charge is 0.376 e. The van der Waals surface area contributed by atoms with Crippen LogP contribution in [-0.2, 0) is 9.53 Å². The monoisotopic (exact) mass is 238 g/mol. The Morgan fingerprint density at radius 3 is 2.65 bits per heavy atom. The first-order valence-corrected chi connectivity index (χ1v) is 5.44. The van der Waals surface area contributed by atoms with Crippen LogP contribution >= 0.6 is 0 Å². The number of rotatable bonds is 2. The second-order valence-corrected chi connectivity index (χ2v) is 3.61. The minimum atomic E-state index is -0.579. The van der Waals surface area contributed by atoms with E-state index in [1.807, 2.05) is 6.92 Å². The molecule has 17 heavy (non-hydrogen) atoms. The fourth-order valence-corrected chi connectivity index (χ4v) is 1.50. The van der Waals surface area contributed by atoms with Gasteiger partial charge >= 0.3 is 5.97 Å². The molecule has 1 aliphatic rings. The molecule has 94 valence electrons. The highest BCUT2D eigenvalue weighted by Crippen LogP contribution is 2.05. The third-order valence-electron chi connectivity index (χ3n) is 2.51. The summed E-state index contributed by atoms with van der Waals surface area (Å²) in [6.45, 7) is 9.03. The average molecular weight is 238 g/mol. The largest absolute Gasteiger partial charge is 0.463 e. The number of allylic oxidation sites excluding steroid dienone is 1. The Kier molecular flexibility index (Phi) is 5.35. The maximum absolute atomic E-state index is 11.2. The summed E-state index contributed by atoms with van der Waals surface area (Å²) >= 11 is 0. The van der Waals surface area contributed by atoms with Crippen molar-refractivity contribution in [2.24, 2.45) is 9.98 Å². The van der Waals surface area contributed by atoms with E-state index in [0.29, 0.717) is 0 Å². The molecule has 1 N–H and O–H groups in total. The predicted molar refractivity (Wildman–Crippen MR) is 67.2 cm³/mol. The highest BCUT2D eigenvalue weighted by Gasteiger charge is 2.10. The molecule has 0 atom stereocenters. The van der Waals surface area contributed by atoms with Gasteiger partial charge in [-0.1, -0.05) is 0 Å². The Hall–Kier alpha value is -1.69. The molecule has 0 aliphatic carbocycles. The zero-order valence-corrected chi connectivity index (χ0v) is 10.3. The quantitative estimate of drug-likeness (QED) is 0.418. The van der Waals surface area contributed by atoms with E-state index >= 15 is 0 Å². The van der Waals surface area contributed by atoms with Gasteiger partial charge in [0.15, 0.2) is 0 Å². The normalized spacial score (nSPS) is 17.9. The molecular weight excluding hydrogens is 220 g/mol. The Morgan fingerprint density at radius 2 is 2.12 bits per heavy atom. The molecule has 1 rings (SSSR count). The van der Waals surface area contributed by atoms with Gasteiger partial charge in [-0.2, -0.15) is 0 Å². The van der Waals surface area contributed by atoms with Crippen molar-refractivity contribution < 1.29 is 9.53 Å². The molecule has 1 fully saturated rings. The van der Waals surface area contributed by atoms with Gasteiger partial charge < -0.3 is 15.0 Å². The number of methoxy groups -OCH3 is 1. The van der Waals surface area contributed by atoms with Crippen LogP contribution in [0.5, 0.6) is 0 Å². The number of esters is 1. The molecule has 1 aliphatic heterocycles. The molecule has 0 radical (unpaired) electrons. The average Bonchev–Trinajstić information content (AvgIpc) is 2.39. The number of hydrogen-bond donors (Lipinski definition) is 1. The molecular formula is C11H18N4O2. The maximum atomic E-state index is 11.2. The highest BCUT2D eigenvalue weighted by molar-refractivity contribution is 6.36. The van der Waals surface area contributed by atoms with Gasteiger partial charge in [0.05, 0.1) is 7.11 Å². The molecule has 0 aromatic heterocycles. The van der Waals surface area contributed by atoms with Crippen LogP contribution in [0.4, 0.5) is 0 Å². The SMILES string of the molecule is C=N/C(=N\C=C(/C)N1CCNCC1)C(=O)OC. The Balaban J connectivity index is 2.69. The summed E-state index contributed by atoms with van der Waals surface area (Å²) < 4.78 is 4.52. The van der Waals surface area contributed by atoms with Gasteiger partial charge in [-0.15, -0.1) is 0 Å². The van der Waals surface area contributed by atoms with Crippen molar-refractivity contribution >= 4 is 18.5 Å². The number of aliphatic imine (C=N–C) groups is 2. The zero-order chi connectivity index (χ0) is 12.7. The summed E-state index contributed by atoms with van der Waals surface area (Å²) in [5.41, 5.74) is 0.997. The van der Waals surface area contributed by atoms with Gasteiger partial charge in [-0.3, -0.25) is 0 Å². The fourth-order valence-electron chi connectivity index (χ4n) is 1.50. The van der Waals surface area contributed by atoms with Gasteiger partial charge in [0.25, 0.3) is 0 Å². The van der Waals surface area contributed by atoms with E-state index in [2.05, 4.69) is 31.7 Å². The number of hydrogen-bond acceptors (Lipinski definition) is 5. The number of carbonyl (C=O) groups excluding carboxylic acids is 1. The molecule has 0 bridgehead atoms. The van der Waals surface area contributed by atoms with Crippen LogP contribution in [0.3, 0.4) is 0 Å². The van der Waals surface area contributed by atoms with Crippen LogP contribution < -0.4 is 5.32 Å². The lowest BCUT2D eigenvalue weighted by Gasteiger charge is -2.29. The van der Waals surface area contributed by atoms with Crippen LogP contribution in [-0.4, -0.2) is 56.7 Å². The van der Waals surface area contributed by atoms with Crippen molar-refractivity contribution in [2.45, 2.75) is 6.92 Å². The lowest BCUT2D eigenvalue weighted by atomic mass is 10.3. The number of nitrogens with one attached hydrogen (secondary N) is 1. The number of piperazine rings is 1. The van der Waals surface area contributed by atoms with Crippen molar-refractivity contribution in [1.82, 2.24) is 10.2 Å². The fraction of sp³-hybridized carbons (Fsp3) is 0.545. The van der Waals surface area contributed by atoms with Crippen molar-refractivity contribution in [3.63, 3.8) is 0 Å². The van der Waals surface area contributed by atoms with Gasteiger partial charge in [-0.05, 0) is 13.6 Å². The van der Waals surface area contributed by atoms with Crippen LogP contribution in [0.25, 0.3) is 0 Å². The van der Waals surface area contributed by atoms with Gasteiger partial charge in [-0.25, -0.2) is 14.8 Å². The first kappa shape index (κ1) is 13.4. The van der Waals surface area contributed by atoms with Gasteiger partial charge in [0.1, 0.15) is 0 Å². The van der Waals surface area contributed by atoms with Crippen molar-refractivity contribution in [1.29, 1.82) is 0 Å². The van der Waals surface area contributed by atoms with Gasteiger partial charge in [0.2, 0.25) is 5.84 Å². The van der Waals surface area contributed by atoms with E-state index in [-0.39, 0.29) is 5.84 Å². The van der Waals surface area contributed by atoms with E-state index in [1.54, 1.807) is 6.20 Å². The number of ether oxygens (including phenoxy) is 1. The van der Waals surface area contributed by atoms with E-state index in [4.69, 9.17) is 0 Å². The predicted octanol–water partition coefficient (Wildman–Crippen LogP) is 0.0250. The summed E-state index contributed by atoms with van der Waals surface area (Å²) in [7, 11) is 1.29. The Bertz CT molecular complexity index is 343. The van der Waals surface area contributed by atoms with E-state index in [9.17, 15) is 4.79 Å². The summed E-state index contributed by atoms with van der Waals surface area (Å²) in [5, 5.41) is 3.27. The lowest BCUT2D eigenvalue weighted by molar-refractivity contribution is -0.132. The summed E-state index contributed by atoms with van der Waals surface area (Å²) in [5.74, 6) is -0.605. The molecule has 0 saturated carbocycles. The van der Waals surface area contributed by atoms with Crippen molar-refractivity contribution in [2.75, 3.05) is 33.3 Å². The van der Waals surface area contributed by atoms with E-state index < -0.39 is 5.97 Å². The minimum absolute atomic E-state index is 0.0259. The molecule has 1 heterocycles. The molecule has 0 amide bonds. The highest BCUT2D eigenvalue weighted by atomic mass is 16.5. The van der Waals surface area contributed by atoms with Crippen LogP contribution in [0.2, 0.25) is 0 Å². The van der Waals surface area contributed by atoms with E-state index in [0.717, 1.165) is 31.9 Å². The third-order valence-corrected chi connectivity index (χ3v) is 2.51. The Labute approximate surface area is 101 Å². The minimum Gasteiger partial charge on any atom is -0.463 e. The first-order chi connectivity index (χ1) is 8.19. The van der Waals surface area contributed by atoms with Crippen molar-refractivity contribution in [3.05, 3.63) is 11.9 Å². The molecule has 0 spiro atoms. The first-order valence-electron chi connectivity index (χ1n) is 5.44. The van der Waals surface area contributed by atoms with Crippen LogP contribution in [0, 0.1) is 0 Å². The summed E-state index contributed by atoms with van der Waals surface area (Å²) in [6, 6.07) is 0. The molecule has 6 heteroatoms. The van der Waals surface area contributed by atoms with E-state index in [1.165, 1.54) is 7.11 Å². The van der Waals surface area contributed by atoms with Crippen LogP contribution in [0.1, 0.15) is 6.92 Å². The third kappa shape index (κ3) is 3.99. The summed E-state index contributed by atoms with van der Waals surface area (Å²) in [6.07, 6.45) is 1.62. The zero-order valence-electron chi connectivity index (χ0n) is 10.3. The van der Waals surface area contributed by atoms with Crippen LogP contribution in [0.15, 0.2) is 21.9 Å². The standard InChI is InChI=1S/C11H18N4O2/c1-9(15-6-4-13-5-7-15)8-14-10(12-2)11(16)17-3/h8,13H,2,4-7H2,1,3H3/b9-8+,14-10-. The topological polar surface area (TPSA) is 66.3 Å². The second-order valence-electron chi connectivity index (χ2n) is 3.61. The summed E-state index contributed by atoms with van der Waals surface area (Å²) in [4.78, 5) is 20.9. The number of carbonyl (C=O) groups is 1. The molecule has 1 saturated heterocycles.